The number of para-hydroxylation sites is 1. The number of nitrogens with one attached hydrogen (secondary N) is 1. The number of rotatable bonds is 4. The number of amides is 1. The molecule has 152 valence electrons. The molecule has 0 unspecified atom stereocenters. The summed E-state index contributed by atoms with van der Waals surface area (Å²) in [5.74, 6) is 0.344. The van der Waals surface area contributed by atoms with Gasteiger partial charge in [0.1, 0.15) is 5.69 Å². The molecule has 2 aliphatic rings. The third kappa shape index (κ3) is 3.73. The fourth-order valence-electron chi connectivity index (χ4n) is 4.28. The zero-order valence-corrected chi connectivity index (χ0v) is 16.9. The van der Waals surface area contributed by atoms with Gasteiger partial charge in [-0.1, -0.05) is 18.2 Å². The summed E-state index contributed by atoms with van der Waals surface area (Å²) in [5.41, 5.74) is 4.75. The Balaban J connectivity index is 1.33. The van der Waals surface area contributed by atoms with E-state index in [1.807, 2.05) is 35.2 Å². The van der Waals surface area contributed by atoms with E-state index < -0.39 is 0 Å². The van der Waals surface area contributed by atoms with Crippen LogP contribution >= 0.6 is 0 Å². The third-order valence-corrected chi connectivity index (χ3v) is 5.82. The standard InChI is InChI=1S/C24H25N5O/c30-23(29-17-5-7-18-6-1-2-8-22(18)29)21-13-14-25-24(27-21)26-19-9-11-20(12-10-19)28-15-3-4-16-28/h1-2,6,8-14H,3-5,7,15-17H2,(H,25,26,27). The smallest absolute Gasteiger partial charge is 0.277 e. The number of fused-ring (bicyclic) bond motifs is 1. The van der Waals surface area contributed by atoms with Gasteiger partial charge >= 0.3 is 0 Å². The summed E-state index contributed by atoms with van der Waals surface area (Å²) in [6.07, 6.45) is 6.12. The first-order valence-corrected chi connectivity index (χ1v) is 10.6. The SMILES string of the molecule is O=C(c1ccnc(Nc2ccc(N3CCCC3)cc2)n1)N1CCCc2ccccc21. The molecular weight excluding hydrogens is 374 g/mol. The van der Waals surface area contributed by atoms with Crippen LogP contribution in [0.25, 0.3) is 0 Å². The lowest BCUT2D eigenvalue weighted by Gasteiger charge is -2.29. The summed E-state index contributed by atoms with van der Waals surface area (Å²) in [6, 6.07) is 18.1. The molecule has 3 heterocycles. The zero-order chi connectivity index (χ0) is 20.3. The second kappa shape index (κ2) is 8.14. The number of carbonyl (C=O) groups excluding carboxylic acids is 1. The van der Waals surface area contributed by atoms with Crippen molar-refractivity contribution >= 4 is 28.9 Å². The van der Waals surface area contributed by atoms with Gasteiger partial charge in [-0.3, -0.25) is 4.79 Å². The highest BCUT2D eigenvalue weighted by Gasteiger charge is 2.24. The number of hydrogen-bond donors (Lipinski definition) is 1. The van der Waals surface area contributed by atoms with Crippen LogP contribution in [0.3, 0.4) is 0 Å². The maximum atomic E-state index is 13.2. The number of hydrogen-bond acceptors (Lipinski definition) is 5. The molecule has 6 heteroatoms. The molecule has 0 aliphatic carbocycles. The largest absolute Gasteiger partial charge is 0.372 e. The number of aromatic nitrogens is 2. The molecule has 1 saturated heterocycles. The molecule has 0 atom stereocenters. The van der Waals surface area contributed by atoms with Crippen LogP contribution in [0.1, 0.15) is 35.3 Å². The average Bonchev–Trinajstić information content (AvgIpc) is 3.34. The van der Waals surface area contributed by atoms with E-state index in [2.05, 4.69) is 38.4 Å². The van der Waals surface area contributed by atoms with Crippen molar-refractivity contribution in [3.8, 4) is 0 Å². The Hall–Kier alpha value is -3.41. The van der Waals surface area contributed by atoms with E-state index in [9.17, 15) is 4.79 Å². The highest BCUT2D eigenvalue weighted by Crippen LogP contribution is 2.28. The first-order chi connectivity index (χ1) is 14.8. The fraction of sp³-hybridized carbons (Fsp3) is 0.292. The molecule has 0 bridgehead atoms. The predicted molar refractivity (Wildman–Crippen MR) is 120 cm³/mol. The molecule has 0 saturated carbocycles. The van der Waals surface area contributed by atoms with Gasteiger partial charge in [-0.05, 0) is 67.6 Å². The van der Waals surface area contributed by atoms with Gasteiger partial charge in [0.15, 0.2) is 0 Å². The van der Waals surface area contributed by atoms with Crippen LogP contribution in [0, 0.1) is 0 Å². The minimum absolute atomic E-state index is 0.0861. The highest BCUT2D eigenvalue weighted by molar-refractivity contribution is 6.05. The topological polar surface area (TPSA) is 61.4 Å². The lowest BCUT2D eigenvalue weighted by atomic mass is 10.0. The van der Waals surface area contributed by atoms with Crippen molar-refractivity contribution in [3.63, 3.8) is 0 Å². The molecule has 1 N–H and O–H groups in total. The normalized spacial score (nSPS) is 15.7. The van der Waals surface area contributed by atoms with Crippen molar-refractivity contribution in [3.05, 3.63) is 72.1 Å². The van der Waals surface area contributed by atoms with E-state index in [1.54, 1.807) is 12.3 Å². The second-order valence-electron chi connectivity index (χ2n) is 7.82. The van der Waals surface area contributed by atoms with E-state index in [4.69, 9.17) is 0 Å². The van der Waals surface area contributed by atoms with Gasteiger partial charge in [0, 0.05) is 42.9 Å². The third-order valence-electron chi connectivity index (χ3n) is 5.82. The second-order valence-corrected chi connectivity index (χ2v) is 7.82. The van der Waals surface area contributed by atoms with Crippen LogP contribution in [-0.2, 0) is 6.42 Å². The Bertz CT molecular complexity index is 1040. The van der Waals surface area contributed by atoms with Crippen LogP contribution in [0.5, 0.6) is 0 Å². The van der Waals surface area contributed by atoms with Crippen molar-refractivity contribution in [1.82, 2.24) is 9.97 Å². The van der Waals surface area contributed by atoms with Gasteiger partial charge < -0.3 is 15.1 Å². The quantitative estimate of drug-likeness (QED) is 0.704. The Morgan fingerprint density at radius 3 is 2.53 bits per heavy atom. The molecule has 0 spiro atoms. The molecule has 30 heavy (non-hydrogen) atoms. The summed E-state index contributed by atoms with van der Waals surface area (Å²) in [4.78, 5) is 26.2. The van der Waals surface area contributed by atoms with Gasteiger partial charge in [0.25, 0.3) is 5.91 Å². The molecule has 0 radical (unpaired) electrons. The summed E-state index contributed by atoms with van der Waals surface area (Å²) in [5, 5.41) is 3.23. The van der Waals surface area contributed by atoms with E-state index >= 15 is 0 Å². The molecule has 6 nitrogen and oxygen atoms in total. The predicted octanol–water partition coefficient (Wildman–Crippen LogP) is 4.41. The Kier molecular flexibility index (Phi) is 5.05. The lowest BCUT2D eigenvalue weighted by Crippen LogP contribution is -2.36. The summed E-state index contributed by atoms with van der Waals surface area (Å²) >= 11 is 0. The van der Waals surface area contributed by atoms with Gasteiger partial charge in [-0.25, -0.2) is 9.97 Å². The molecule has 3 aromatic rings. The molecule has 5 rings (SSSR count). The number of benzene rings is 2. The first-order valence-electron chi connectivity index (χ1n) is 10.6. The van der Waals surface area contributed by atoms with Crippen LogP contribution in [0.2, 0.25) is 0 Å². The van der Waals surface area contributed by atoms with Crippen molar-refractivity contribution in [2.75, 3.05) is 34.8 Å². The number of nitrogens with zero attached hydrogens (tertiary/aromatic N) is 4. The van der Waals surface area contributed by atoms with Crippen LogP contribution in [-0.4, -0.2) is 35.5 Å². The van der Waals surface area contributed by atoms with Crippen molar-refractivity contribution in [2.45, 2.75) is 25.7 Å². The van der Waals surface area contributed by atoms with E-state index in [0.717, 1.165) is 37.3 Å². The van der Waals surface area contributed by atoms with E-state index in [1.165, 1.54) is 24.1 Å². The fourth-order valence-corrected chi connectivity index (χ4v) is 4.28. The molecule has 1 fully saturated rings. The molecular formula is C24H25N5O. The van der Waals surface area contributed by atoms with E-state index in [0.29, 0.717) is 18.2 Å². The minimum Gasteiger partial charge on any atom is -0.372 e. The van der Waals surface area contributed by atoms with E-state index in [-0.39, 0.29) is 5.91 Å². The van der Waals surface area contributed by atoms with Crippen molar-refractivity contribution in [1.29, 1.82) is 0 Å². The Morgan fingerprint density at radius 1 is 0.900 bits per heavy atom. The average molecular weight is 399 g/mol. The molecule has 2 aliphatic heterocycles. The lowest BCUT2D eigenvalue weighted by molar-refractivity contribution is 0.0980. The van der Waals surface area contributed by atoms with Crippen LogP contribution in [0.4, 0.5) is 23.0 Å². The summed E-state index contributed by atoms with van der Waals surface area (Å²) < 4.78 is 0. The van der Waals surface area contributed by atoms with Gasteiger partial charge in [0.2, 0.25) is 5.95 Å². The monoisotopic (exact) mass is 399 g/mol. The number of carbonyl (C=O) groups is 1. The summed E-state index contributed by atoms with van der Waals surface area (Å²) in [6.45, 7) is 2.96. The maximum absolute atomic E-state index is 13.2. The zero-order valence-electron chi connectivity index (χ0n) is 16.9. The minimum atomic E-state index is -0.0861. The first kappa shape index (κ1) is 18.6. The Labute approximate surface area is 176 Å². The molecule has 1 aromatic heterocycles. The van der Waals surface area contributed by atoms with Crippen LogP contribution in [0.15, 0.2) is 60.8 Å². The van der Waals surface area contributed by atoms with Crippen molar-refractivity contribution in [2.24, 2.45) is 0 Å². The molecule has 2 aromatic carbocycles. The number of anilines is 4. The Morgan fingerprint density at radius 2 is 1.70 bits per heavy atom. The van der Waals surface area contributed by atoms with Gasteiger partial charge in [-0.2, -0.15) is 0 Å². The van der Waals surface area contributed by atoms with Gasteiger partial charge in [-0.15, -0.1) is 0 Å². The maximum Gasteiger partial charge on any atom is 0.277 e. The number of aryl methyl sites for hydroxylation is 1. The van der Waals surface area contributed by atoms with Gasteiger partial charge in [0.05, 0.1) is 0 Å². The van der Waals surface area contributed by atoms with Crippen LogP contribution < -0.4 is 15.1 Å². The summed E-state index contributed by atoms with van der Waals surface area (Å²) in [7, 11) is 0. The molecule has 1 amide bonds. The highest BCUT2D eigenvalue weighted by atomic mass is 16.2. The van der Waals surface area contributed by atoms with Crippen molar-refractivity contribution < 1.29 is 4.79 Å².